The number of H-pyrrole nitrogens is 1. The molecule has 0 unspecified atom stereocenters. The third-order valence-electron chi connectivity index (χ3n) is 3.67. The van der Waals surface area contributed by atoms with Crippen LogP contribution in [0.1, 0.15) is 22.8 Å². The minimum Gasteiger partial charge on any atom is -0.427 e. The molecule has 5 heteroatoms. The van der Waals surface area contributed by atoms with Crippen LogP contribution in [0.4, 0.5) is 0 Å². The Morgan fingerprint density at radius 1 is 1.12 bits per heavy atom. The highest BCUT2D eigenvalue weighted by molar-refractivity contribution is 5.94. The van der Waals surface area contributed by atoms with Gasteiger partial charge in [-0.25, -0.2) is 0 Å². The summed E-state index contributed by atoms with van der Waals surface area (Å²) in [6, 6.07) is 14.8. The third-order valence-corrected chi connectivity index (χ3v) is 3.67. The minimum atomic E-state index is -0.410. The molecule has 1 amide bonds. The fourth-order valence-electron chi connectivity index (χ4n) is 2.55. The molecule has 122 valence electrons. The highest BCUT2D eigenvalue weighted by Crippen LogP contribution is 2.15. The molecule has 0 saturated carbocycles. The Labute approximate surface area is 139 Å². The maximum absolute atomic E-state index is 12.2. The Bertz CT molecular complexity index is 883. The standard InChI is InChI=1S/C19H18N2O3/c1-13(22)24-17-4-2-3-16(12-17)19(23)21-9-7-14-5-6-18-15(11-14)8-10-20-18/h2-6,8,10-12,20H,7,9H2,1H3,(H,21,23). The number of carbonyl (C=O) groups is 2. The minimum absolute atomic E-state index is 0.188. The van der Waals surface area contributed by atoms with Crippen molar-refractivity contribution in [1.29, 1.82) is 0 Å². The van der Waals surface area contributed by atoms with Gasteiger partial charge in [0.15, 0.2) is 0 Å². The predicted octanol–water partition coefficient (Wildman–Crippen LogP) is 3.07. The first-order valence-electron chi connectivity index (χ1n) is 7.74. The van der Waals surface area contributed by atoms with E-state index < -0.39 is 5.97 Å². The zero-order valence-corrected chi connectivity index (χ0v) is 13.3. The number of aromatic nitrogens is 1. The van der Waals surface area contributed by atoms with Gasteiger partial charge >= 0.3 is 5.97 Å². The summed E-state index contributed by atoms with van der Waals surface area (Å²) in [5.74, 6) is -0.229. The molecule has 0 radical (unpaired) electrons. The first kappa shape index (κ1) is 15.8. The van der Waals surface area contributed by atoms with Crippen molar-refractivity contribution in [3.63, 3.8) is 0 Å². The second-order valence-electron chi connectivity index (χ2n) is 5.53. The fourth-order valence-corrected chi connectivity index (χ4v) is 2.55. The van der Waals surface area contributed by atoms with Crippen molar-refractivity contribution in [3.05, 3.63) is 65.9 Å². The van der Waals surface area contributed by atoms with Gasteiger partial charge in [-0.1, -0.05) is 12.1 Å². The Kier molecular flexibility index (Phi) is 4.61. The number of fused-ring (bicyclic) bond motifs is 1. The normalized spacial score (nSPS) is 10.5. The van der Waals surface area contributed by atoms with Gasteiger partial charge in [-0.3, -0.25) is 9.59 Å². The molecule has 1 heterocycles. The monoisotopic (exact) mass is 322 g/mol. The van der Waals surface area contributed by atoms with Crippen LogP contribution in [0, 0.1) is 0 Å². The first-order valence-corrected chi connectivity index (χ1v) is 7.74. The van der Waals surface area contributed by atoms with E-state index >= 15 is 0 Å². The molecule has 2 aromatic carbocycles. The zero-order chi connectivity index (χ0) is 16.9. The Morgan fingerprint density at radius 2 is 2.00 bits per heavy atom. The SMILES string of the molecule is CC(=O)Oc1cccc(C(=O)NCCc2ccc3[nH]ccc3c2)c1. The quantitative estimate of drug-likeness (QED) is 0.560. The van der Waals surface area contributed by atoms with Gasteiger partial charge in [0.25, 0.3) is 5.91 Å². The number of esters is 1. The lowest BCUT2D eigenvalue weighted by Crippen LogP contribution is -2.25. The molecule has 0 aliphatic rings. The molecular weight excluding hydrogens is 304 g/mol. The van der Waals surface area contributed by atoms with Crippen LogP contribution in [0.25, 0.3) is 10.9 Å². The Hall–Kier alpha value is -3.08. The molecule has 3 rings (SSSR count). The highest BCUT2D eigenvalue weighted by Gasteiger charge is 2.07. The number of amides is 1. The number of hydrogen-bond acceptors (Lipinski definition) is 3. The van der Waals surface area contributed by atoms with E-state index in [1.807, 2.05) is 24.4 Å². The lowest BCUT2D eigenvalue weighted by atomic mass is 10.1. The lowest BCUT2D eigenvalue weighted by molar-refractivity contribution is -0.131. The van der Waals surface area contributed by atoms with Gasteiger partial charge in [-0.05, 0) is 53.8 Å². The van der Waals surface area contributed by atoms with E-state index in [0.717, 1.165) is 22.9 Å². The van der Waals surface area contributed by atoms with E-state index in [-0.39, 0.29) is 5.91 Å². The lowest BCUT2D eigenvalue weighted by Gasteiger charge is -2.07. The summed E-state index contributed by atoms with van der Waals surface area (Å²) in [6.45, 7) is 1.86. The summed E-state index contributed by atoms with van der Waals surface area (Å²) in [5.41, 5.74) is 2.73. The summed E-state index contributed by atoms with van der Waals surface area (Å²) in [5, 5.41) is 4.04. The molecule has 0 saturated heterocycles. The van der Waals surface area contributed by atoms with Crippen LogP contribution in [0.3, 0.4) is 0 Å². The molecule has 0 bridgehead atoms. The van der Waals surface area contributed by atoms with E-state index in [4.69, 9.17) is 4.74 Å². The molecule has 3 aromatic rings. The van der Waals surface area contributed by atoms with Crippen molar-refractivity contribution in [2.45, 2.75) is 13.3 Å². The second kappa shape index (κ2) is 7.00. The predicted molar refractivity (Wildman–Crippen MR) is 92.1 cm³/mol. The van der Waals surface area contributed by atoms with Crippen LogP contribution in [0.15, 0.2) is 54.7 Å². The van der Waals surface area contributed by atoms with Gasteiger partial charge in [0.1, 0.15) is 5.75 Å². The topological polar surface area (TPSA) is 71.2 Å². The van der Waals surface area contributed by atoms with E-state index in [0.29, 0.717) is 17.9 Å². The van der Waals surface area contributed by atoms with Crippen LogP contribution >= 0.6 is 0 Å². The van der Waals surface area contributed by atoms with Gasteiger partial charge in [0, 0.05) is 30.7 Å². The largest absolute Gasteiger partial charge is 0.427 e. The third kappa shape index (κ3) is 3.81. The van der Waals surface area contributed by atoms with E-state index in [9.17, 15) is 9.59 Å². The molecule has 24 heavy (non-hydrogen) atoms. The summed E-state index contributed by atoms with van der Waals surface area (Å²) in [7, 11) is 0. The summed E-state index contributed by atoms with van der Waals surface area (Å²) >= 11 is 0. The number of ether oxygens (including phenoxy) is 1. The summed E-state index contributed by atoms with van der Waals surface area (Å²) in [6.07, 6.45) is 2.66. The van der Waals surface area contributed by atoms with Crippen LogP contribution in [-0.2, 0) is 11.2 Å². The van der Waals surface area contributed by atoms with Gasteiger partial charge in [0.2, 0.25) is 0 Å². The van der Waals surface area contributed by atoms with E-state index in [2.05, 4.69) is 16.4 Å². The fraction of sp³-hybridized carbons (Fsp3) is 0.158. The Morgan fingerprint density at radius 3 is 2.83 bits per heavy atom. The first-order chi connectivity index (χ1) is 11.6. The van der Waals surface area contributed by atoms with Crippen molar-refractivity contribution >= 4 is 22.8 Å². The molecule has 0 aliphatic carbocycles. The second-order valence-corrected chi connectivity index (χ2v) is 5.53. The number of carbonyl (C=O) groups excluding carboxylic acids is 2. The van der Waals surface area contributed by atoms with Crippen molar-refractivity contribution in [2.75, 3.05) is 6.54 Å². The Balaban J connectivity index is 1.58. The van der Waals surface area contributed by atoms with Gasteiger partial charge in [-0.15, -0.1) is 0 Å². The van der Waals surface area contributed by atoms with Crippen LogP contribution in [0.2, 0.25) is 0 Å². The molecule has 0 atom stereocenters. The van der Waals surface area contributed by atoms with Crippen LogP contribution < -0.4 is 10.1 Å². The van der Waals surface area contributed by atoms with Crippen molar-refractivity contribution in [1.82, 2.24) is 10.3 Å². The number of hydrogen-bond donors (Lipinski definition) is 2. The number of nitrogens with one attached hydrogen (secondary N) is 2. The molecule has 0 fully saturated rings. The van der Waals surface area contributed by atoms with Crippen molar-refractivity contribution in [2.24, 2.45) is 0 Å². The smallest absolute Gasteiger partial charge is 0.308 e. The maximum Gasteiger partial charge on any atom is 0.308 e. The van der Waals surface area contributed by atoms with Gasteiger partial charge < -0.3 is 15.0 Å². The van der Waals surface area contributed by atoms with Crippen LogP contribution in [0.5, 0.6) is 5.75 Å². The average molecular weight is 322 g/mol. The molecule has 5 nitrogen and oxygen atoms in total. The van der Waals surface area contributed by atoms with E-state index in [1.165, 1.54) is 6.92 Å². The summed E-state index contributed by atoms with van der Waals surface area (Å²) in [4.78, 5) is 26.3. The summed E-state index contributed by atoms with van der Waals surface area (Å²) < 4.78 is 4.99. The average Bonchev–Trinajstić information content (AvgIpc) is 3.02. The zero-order valence-electron chi connectivity index (χ0n) is 13.3. The highest BCUT2D eigenvalue weighted by atomic mass is 16.5. The van der Waals surface area contributed by atoms with Gasteiger partial charge in [0.05, 0.1) is 0 Å². The van der Waals surface area contributed by atoms with E-state index in [1.54, 1.807) is 24.3 Å². The van der Waals surface area contributed by atoms with Crippen molar-refractivity contribution < 1.29 is 14.3 Å². The van der Waals surface area contributed by atoms with Crippen molar-refractivity contribution in [3.8, 4) is 5.75 Å². The molecule has 0 spiro atoms. The number of rotatable bonds is 5. The molecule has 2 N–H and O–H groups in total. The van der Waals surface area contributed by atoms with Crippen LogP contribution in [-0.4, -0.2) is 23.4 Å². The van der Waals surface area contributed by atoms with Gasteiger partial charge in [-0.2, -0.15) is 0 Å². The molecule has 1 aromatic heterocycles. The number of benzene rings is 2. The molecule has 0 aliphatic heterocycles. The molecular formula is C19H18N2O3. The maximum atomic E-state index is 12.2. The number of aromatic amines is 1.